The highest BCUT2D eigenvalue weighted by atomic mass is 32.1. The number of furan rings is 1. The molecule has 0 saturated heterocycles. The molecule has 0 amide bonds. The normalized spacial score (nSPS) is 13.1. The predicted octanol–water partition coefficient (Wildman–Crippen LogP) is 3.86. The Morgan fingerprint density at radius 1 is 1.26 bits per heavy atom. The summed E-state index contributed by atoms with van der Waals surface area (Å²) in [5.74, 6) is 0.802. The highest BCUT2D eigenvalue weighted by molar-refractivity contribution is 7.11. The number of aryl methyl sites for hydroxylation is 3. The van der Waals surface area contributed by atoms with Gasteiger partial charge in [-0.05, 0) is 32.4 Å². The number of hydrogen-bond acceptors (Lipinski definition) is 4. The smallest absolute Gasteiger partial charge is 0.137 e. The number of hydrogen-bond donors (Lipinski definition) is 1. The number of rotatable bonds is 2. The highest BCUT2D eigenvalue weighted by Crippen LogP contribution is 2.32. The summed E-state index contributed by atoms with van der Waals surface area (Å²) in [6.07, 6.45) is 0. The number of benzene rings is 1. The van der Waals surface area contributed by atoms with Crippen LogP contribution < -0.4 is 5.73 Å². The summed E-state index contributed by atoms with van der Waals surface area (Å²) in [4.78, 5) is 5.50. The van der Waals surface area contributed by atoms with E-state index in [1.54, 1.807) is 11.3 Å². The number of fused-ring (bicyclic) bond motifs is 1. The van der Waals surface area contributed by atoms with Crippen molar-refractivity contribution in [3.63, 3.8) is 0 Å². The minimum absolute atomic E-state index is 0.238. The zero-order chi connectivity index (χ0) is 13.6. The lowest BCUT2D eigenvalue weighted by atomic mass is 10.1. The molecule has 19 heavy (non-hydrogen) atoms. The highest BCUT2D eigenvalue weighted by Gasteiger charge is 2.19. The van der Waals surface area contributed by atoms with Gasteiger partial charge < -0.3 is 10.2 Å². The average molecular weight is 272 g/mol. The predicted molar refractivity (Wildman–Crippen MR) is 78.6 cm³/mol. The number of aromatic nitrogens is 1. The van der Waals surface area contributed by atoms with Gasteiger partial charge in [-0.3, -0.25) is 0 Å². The van der Waals surface area contributed by atoms with Gasteiger partial charge in [0.1, 0.15) is 11.3 Å². The molecule has 0 bridgehead atoms. The van der Waals surface area contributed by atoms with Gasteiger partial charge in [0.2, 0.25) is 0 Å². The third kappa shape index (κ3) is 2.07. The van der Waals surface area contributed by atoms with E-state index in [4.69, 9.17) is 10.2 Å². The van der Waals surface area contributed by atoms with Crippen LogP contribution in [0.15, 0.2) is 28.7 Å². The second kappa shape index (κ2) is 4.47. The molecular weight excluding hydrogens is 256 g/mol. The van der Waals surface area contributed by atoms with Gasteiger partial charge in [0, 0.05) is 5.39 Å². The zero-order valence-corrected chi connectivity index (χ0v) is 12.0. The molecule has 1 aromatic carbocycles. The molecular formula is C15H16N2OS. The Morgan fingerprint density at radius 2 is 2.05 bits per heavy atom. The van der Waals surface area contributed by atoms with E-state index in [9.17, 15) is 0 Å². The van der Waals surface area contributed by atoms with Crippen molar-refractivity contribution in [2.24, 2.45) is 5.73 Å². The molecule has 0 radical (unpaired) electrons. The minimum atomic E-state index is -0.238. The Balaban J connectivity index is 2.09. The maximum absolute atomic E-state index is 6.32. The molecule has 3 nitrogen and oxygen atoms in total. The average Bonchev–Trinajstić information content (AvgIpc) is 2.93. The topological polar surface area (TPSA) is 52.0 Å². The number of para-hydroxylation sites is 1. The Morgan fingerprint density at radius 3 is 2.68 bits per heavy atom. The monoisotopic (exact) mass is 272 g/mol. The van der Waals surface area contributed by atoms with Crippen LogP contribution in [-0.4, -0.2) is 4.98 Å². The second-order valence-corrected chi connectivity index (χ2v) is 6.04. The lowest BCUT2D eigenvalue weighted by Crippen LogP contribution is -2.10. The molecule has 0 aliphatic carbocycles. The van der Waals surface area contributed by atoms with Crippen LogP contribution in [0, 0.1) is 20.8 Å². The summed E-state index contributed by atoms with van der Waals surface area (Å²) in [6, 6.07) is 7.92. The van der Waals surface area contributed by atoms with E-state index in [0.29, 0.717) is 0 Å². The molecule has 2 N–H and O–H groups in total. The Labute approximate surface area is 116 Å². The summed E-state index contributed by atoms with van der Waals surface area (Å²) >= 11 is 1.64. The fourth-order valence-corrected chi connectivity index (χ4v) is 3.28. The summed E-state index contributed by atoms with van der Waals surface area (Å²) in [5, 5.41) is 2.14. The molecule has 1 atom stereocenters. The van der Waals surface area contributed by atoms with E-state index in [-0.39, 0.29) is 6.04 Å². The molecule has 1 unspecified atom stereocenters. The van der Waals surface area contributed by atoms with Crippen LogP contribution in [0.3, 0.4) is 0 Å². The Hall–Kier alpha value is -1.65. The number of nitrogens with two attached hydrogens (primary N) is 1. The van der Waals surface area contributed by atoms with E-state index in [1.807, 2.05) is 45.0 Å². The SMILES string of the molecule is Cc1nc(C)c(C(N)c2cc3cccc(C)c3o2)s1. The van der Waals surface area contributed by atoms with Gasteiger partial charge in [-0.1, -0.05) is 18.2 Å². The second-order valence-electron chi connectivity index (χ2n) is 4.80. The van der Waals surface area contributed by atoms with Crippen molar-refractivity contribution in [1.82, 2.24) is 4.98 Å². The van der Waals surface area contributed by atoms with Crippen molar-refractivity contribution in [1.29, 1.82) is 0 Å². The van der Waals surface area contributed by atoms with Crippen molar-refractivity contribution in [3.8, 4) is 0 Å². The molecule has 0 aliphatic rings. The molecule has 0 aliphatic heterocycles. The number of thiazole rings is 1. The van der Waals surface area contributed by atoms with Crippen molar-refractivity contribution in [2.75, 3.05) is 0 Å². The zero-order valence-electron chi connectivity index (χ0n) is 11.2. The molecule has 2 heterocycles. The summed E-state index contributed by atoms with van der Waals surface area (Å²) < 4.78 is 5.93. The van der Waals surface area contributed by atoms with Crippen LogP contribution in [0.2, 0.25) is 0 Å². The Bertz CT molecular complexity index is 742. The molecule has 2 aromatic heterocycles. The third-order valence-electron chi connectivity index (χ3n) is 3.29. The van der Waals surface area contributed by atoms with Crippen molar-refractivity contribution >= 4 is 22.3 Å². The van der Waals surface area contributed by atoms with Crippen LogP contribution in [-0.2, 0) is 0 Å². The van der Waals surface area contributed by atoms with Crippen molar-refractivity contribution in [2.45, 2.75) is 26.8 Å². The van der Waals surface area contributed by atoms with E-state index in [0.717, 1.165) is 37.9 Å². The van der Waals surface area contributed by atoms with Gasteiger partial charge >= 0.3 is 0 Å². The van der Waals surface area contributed by atoms with Crippen LogP contribution >= 0.6 is 11.3 Å². The molecule has 98 valence electrons. The maximum Gasteiger partial charge on any atom is 0.137 e. The molecule has 3 aromatic rings. The van der Waals surface area contributed by atoms with Crippen molar-refractivity contribution in [3.05, 3.63) is 51.2 Å². The van der Waals surface area contributed by atoms with Gasteiger partial charge in [0.05, 0.1) is 21.6 Å². The van der Waals surface area contributed by atoms with Gasteiger partial charge in [-0.2, -0.15) is 0 Å². The largest absolute Gasteiger partial charge is 0.459 e. The van der Waals surface area contributed by atoms with E-state index in [2.05, 4.69) is 4.98 Å². The minimum Gasteiger partial charge on any atom is -0.459 e. The van der Waals surface area contributed by atoms with Gasteiger partial charge in [-0.15, -0.1) is 11.3 Å². The first-order valence-corrected chi connectivity index (χ1v) is 7.06. The summed E-state index contributed by atoms with van der Waals surface area (Å²) in [7, 11) is 0. The van der Waals surface area contributed by atoms with Gasteiger partial charge in [0.15, 0.2) is 0 Å². The molecule has 0 spiro atoms. The fraction of sp³-hybridized carbons (Fsp3) is 0.267. The van der Waals surface area contributed by atoms with Gasteiger partial charge in [-0.25, -0.2) is 4.98 Å². The number of nitrogens with zero attached hydrogens (tertiary/aromatic N) is 1. The van der Waals surface area contributed by atoms with Crippen LogP contribution in [0.1, 0.15) is 32.9 Å². The van der Waals surface area contributed by atoms with Crippen LogP contribution in [0.25, 0.3) is 11.0 Å². The maximum atomic E-state index is 6.32. The molecule has 3 rings (SSSR count). The first-order valence-electron chi connectivity index (χ1n) is 6.25. The first-order chi connectivity index (χ1) is 9.06. The Kier molecular flexibility index (Phi) is 2.92. The molecule has 4 heteroatoms. The van der Waals surface area contributed by atoms with Gasteiger partial charge in [0.25, 0.3) is 0 Å². The van der Waals surface area contributed by atoms with E-state index < -0.39 is 0 Å². The summed E-state index contributed by atoms with van der Waals surface area (Å²) in [6.45, 7) is 6.03. The fourth-order valence-electron chi connectivity index (χ4n) is 2.35. The standard InChI is InChI=1S/C15H16N2OS/c1-8-5-4-6-11-7-12(18-14(8)11)13(16)15-9(2)17-10(3)19-15/h4-7,13H,16H2,1-3H3. The van der Waals surface area contributed by atoms with E-state index >= 15 is 0 Å². The quantitative estimate of drug-likeness (QED) is 0.770. The van der Waals surface area contributed by atoms with Crippen molar-refractivity contribution < 1.29 is 4.42 Å². The molecule has 0 saturated carbocycles. The first kappa shape index (κ1) is 12.4. The van der Waals surface area contributed by atoms with Crippen LogP contribution in [0.4, 0.5) is 0 Å². The van der Waals surface area contributed by atoms with Crippen LogP contribution in [0.5, 0.6) is 0 Å². The lowest BCUT2D eigenvalue weighted by Gasteiger charge is -2.06. The lowest BCUT2D eigenvalue weighted by molar-refractivity contribution is 0.525. The third-order valence-corrected chi connectivity index (χ3v) is 4.44. The molecule has 0 fully saturated rings. The van der Waals surface area contributed by atoms with E-state index in [1.165, 1.54) is 0 Å². The summed E-state index contributed by atoms with van der Waals surface area (Å²) in [5.41, 5.74) is 9.37.